The molecule has 0 aliphatic rings. The number of benzene rings is 2. The third-order valence-corrected chi connectivity index (χ3v) is 3.88. The lowest BCUT2D eigenvalue weighted by molar-refractivity contribution is 0.255. The number of ether oxygens (including phenoxy) is 1. The molecule has 5 heteroatoms. The maximum Gasteiger partial charge on any atom is 0.318 e. The molecule has 0 aliphatic heterocycles. The highest BCUT2D eigenvalue weighted by molar-refractivity contribution is 5.90. The lowest BCUT2D eigenvalue weighted by Gasteiger charge is -2.15. The minimum atomic E-state index is -0.498. The number of carbonyl (C=O) groups excluding carboxylic acids is 1. The molecule has 122 valence electrons. The zero-order valence-corrected chi connectivity index (χ0v) is 13.7. The topological polar surface area (TPSA) is 68.5 Å². The number of anilines is 1. The highest BCUT2D eigenvalue weighted by Crippen LogP contribution is 2.22. The Kier molecular flexibility index (Phi) is 4.33. The molecule has 2 aromatic carbocycles. The van der Waals surface area contributed by atoms with Crippen molar-refractivity contribution >= 4 is 22.6 Å². The summed E-state index contributed by atoms with van der Waals surface area (Å²) in [6.45, 7) is 2.43. The van der Waals surface area contributed by atoms with Gasteiger partial charge >= 0.3 is 6.03 Å². The Balaban J connectivity index is 1.78. The van der Waals surface area contributed by atoms with Crippen LogP contribution in [-0.2, 0) is 6.61 Å². The maximum atomic E-state index is 11.2. The van der Waals surface area contributed by atoms with Gasteiger partial charge in [0.05, 0.1) is 5.52 Å². The number of aryl methyl sites for hydroxylation is 1. The standard InChI is InChI=1S/C19H19N3O2/c1-13-11-14(17-5-3-4-6-18(17)21-13)12-24-16-9-7-15(8-10-16)22(2)19(20)23/h3-11H,12H2,1-2H3,(H2,20,23). The summed E-state index contributed by atoms with van der Waals surface area (Å²) >= 11 is 0. The van der Waals surface area contributed by atoms with Crippen LogP contribution in [0.3, 0.4) is 0 Å². The fourth-order valence-corrected chi connectivity index (χ4v) is 2.57. The molecule has 0 bridgehead atoms. The second-order valence-corrected chi connectivity index (χ2v) is 5.62. The third-order valence-electron chi connectivity index (χ3n) is 3.88. The average Bonchev–Trinajstić information content (AvgIpc) is 2.59. The molecule has 24 heavy (non-hydrogen) atoms. The summed E-state index contributed by atoms with van der Waals surface area (Å²) in [5.41, 5.74) is 9.00. The summed E-state index contributed by atoms with van der Waals surface area (Å²) in [6, 6.07) is 16.8. The van der Waals surface area contributed by atoms with Gasteiger partial charge in [-0.25, -0.2) is 4.79 Å². The molecule has 3 aromatic rings. The van der Waals surface area contributed by atoms with Gasteiger partial charge in [0, 0.05) is 29.4 Å². The second-order valence-electron chi connectivity index (χ2n) is 5.62. The van der Waals surface area contributed by atoms with Crippen LogP contribution in [0.4, 0.5) is 10.5 Å². The van der Waals surface area contributed by atoms with E-state index in [2.05, 4.69) is 4.98 Å². The smallest absolute Gasteiger partial charge is 0.318 e. The first-order chi connectivity index (χ1) is 11.5. The molecule has 1 aromatic heterocycles. The number of pyridine rings is 1. The number of amides is 2. The van der Waals surface area contributed by atoms with E-state index in [0.717, 1.165) is 33.6 Å². The molecular weight excluding hydrogens is 302 g/mol. The SMILES string of the molecule is Cc1cc(COc2ccc(N(C)C(N)=O)cc2)c2ccccc2n1. The first-order valence-corrected chi connectivity index (χ1v) is 7.66. The molecule has 3 rings (SSSR count). The van der Waals surface area contributed by atoms with Gasteiger partial charge in [-0.3, -0.25) is 9.88 Å². The first-order valence-electron chi connectivity index (χ1n) is 7.66. The normalized spacial score (nSPS) is 10.6. The van der Waals surface area contributed by atoms with Gasteiger partial charge in [0.1, 0.15) is 12.4 Å². The number of hydrogen-bond acceptors (Lipinski definition) is 3. The van der Waals surface area contributed by atoms with Crippen molar-refractivity contribution in [3.8, 4) is 5.75 Å². The molecule has 0 saturated carbocycles. The Labute approximate surface area is 140 Å². The Hall–Kier alpha value is -3.08. The van der Waals surface area contributed by atoms with Gasteiger partial charge in [-0.2, -0.15) is 0 Å². The molecule has 2 amide bonds. The van der Waals surface area contributed by atoms with Gasteiger partial charge in [0.25, 0.3) is 0 Å². The molecule has 0 radical (unpaired) electrons. The van der Waals surface area contributed by atoms with E-state index in [1.165, 1.54) is 4.90 Å². The van der Waals surface area contributed by atoms with E-state index in [-0.39, 0.29) is 0 Å². The predicted molar refractivity (Wildman–Crippen MR) is 95.2 cm³/mol. The summed E-state index contributed by atoms with van der Waals surface area (Å²) in [4.78, 5) is 17.1. The van der Waals surface area contributed by atoms with Crippen LogP contribution in [0.15, 0.2) is 54.6 Å². The highest BCUT2D eigenvalue weighted by atomic mass is 16.5. The first kappa shape index (κ1) is 15.8. The number of urea groups is 1. The molecule has 0 saturated heterocycles. The van der Waals surface area contributed by atoms with Crippen LogP contribution in [0.25, 0.3) is 10.9 Å². The zero-order chi connectivity index (χ0) is 17.1. The minimum Gasteiger partial charge on any atom is -0.489 e. The molecule has 5 nitrogen and oxygen atoms in total. The quantitative estimate of drug-likeness (QED) is 0.797. The van der Waals surface area contributed by atoms with E-state index in [0.29, 0.717) is 6.61 Å². The summed E-state index contributed by atoms with van der Waals surface area (Å²) in [5.74, 6) is 0.732. The fraction of sp³-hybridized carbons (Fsp3) is 0.158. The van der Waals surface area contributed by atoms with E-state index in [1.54, 1.807) is 19.2 Å². The second kappa shape index (κ2) is 6.58. The summed E-state index contributed by atoms with van der Waals surface area (Å²) < 4.78 is 5.89. The lowest BCUT2D eigenvalue weighted by atomic mass is 10.1. The number of rotatable bonds is 4. The van der Waals surface area contributed by atoms with Crippen molar-refractivity contribution in [2.45, 2.75) is 13.5 Å². The third kappa shape index (κ3) is 3.30. The summed E-state index contributed by atoms with van der Waals surface area (Å²) in [7, 11) is 1.63. The van der Waals surface area contributed by atoms with Gasteiger partial charge in [-0.15, -0.1) is 0 Å². The number of nitrogens with zero attached hydrogens (tertiary/aromatic N) is 2. The van der Waals surface area contributed by atoms with E-state index in [9.17, 15) is 4.79 Å². The monoisotopic (exact) mass is 321 g/mol. The van der Waals surface area contributed by atoms with Gasteiger partial charge in [0.2, 0.25) is 0 Å². The van der Waals surface area contributed by atoms with Crippen molar-refractivity contribution in [3.63, 3.8) is 0 Å². The van der Waals surface area contributed by atoms with Crippen LogP contribution in [-0.4, -0.2) is 18.1 Å². The Bertz CT molecular complexity index is 875. The maximum absolute atomic E-state index is 11.2. The number of hydrogen-bond donors (Lipinski definition) is 1. The molecule has 0 fully saturated rings. The van der Waals surface area contributed by atoms with Crippen molar-refractivity contribution < 1.29 is 9.53 Å². The van der Waals surface area contributed by atoms with Crippen LogP contribution >= 0.6 is 0 Å². The predicted octanol–water partition coefficient (Wildman–Crippen LogP) is 3.64. The largest absolute Gasteiger partial charge is 0.489 e. The molecular formula is C19H19N3O2. The Morgan fingerprint density at radius 3 is 2.58 bits per heavy atom. The van der Waals surface area contributed by atoms with Crippen molar-refractivity contribution in [2.75, 3.05) is 11.9 Å². The number of carbonyl (C=O) groups is 1. The van der Waals surface area contributed by atoms with Crippen molar-refractivity contribution in [1.29, 1.82) is 0 Å². The van der Waals surface area contributed by atoms with E-state index in [1.807, 2.05) is 49.4 Å². The molecule has 1 heterocycles. The van der Waals surface area contributed by atoms with E-state index < -0.39 is 6.03 Å². The zero-order valence-electron chi connectivity index (χ0n) is 13.7. The van der Waals surface area contributed by atoms with Crippen molar-refractivity contribution in [2.24, 2.45) is 5.73 Å². The Morgan fingerprint density at radius 1 is 1.17 bits per heavy atom. The van der Waals surface area contributed by atoms with Crippen LogP contribution in [0, 0.1) is 6.92 Å². The number of primary amides is 1. The molecule has 2 N–H and O–H groups in total. The number of para-hydroxylation sites is 1. The molecule has 0 aliphatic carbocycles. The average molecular weight is 321 g/mol. The van der Waals surface area contributed by atoms with Crippen LogP contribution in [0.1, 0.15) is 11.3 Å². The number of nitrogens with two attached hydrogens (primary N) is 1. The summed E-state index contributed by atoms with van der Waals surface area (Å²) in [5, 5.41) is 1.09. The lowest BCUT2D eigenvalue weighted by Crippen LogP contribution is -2.31. The van der Waals surface area contributed by atoms with Gasteiger partial charge in [-0.1, -0.05) is 18.2 Å². The Morgan fingerprint density at radius 2 is 1.88 bits per heavy atom. The van der Waals surface area contributed by atoms with Gasteiger partial charge in [0.15, 0.2) is 0 Å². The number of aromatic nitrogens is 1. The molecule has 0 atom stereocenters. The van der Waals surface area contributed by atoms with Crippen LogP contribution < -0.4 is 15.4 Å². The van der Waals surface area contributed by atoms with Crippen molar-refractivity contribution in [3.05, 3.63) is 65.9 Å². The number of fused-ring (bicyclic) bond motifs is 1. The molecule has 0 unspecified atom stereocenters. The van der Waals surface area contributed by atoms with E-state index >= 15 is 0 Å². The molecule has 0 spiro atoms. The fourth-order valence-electron chi connectivity index (χ4n) is 2.57. The highest BCUT2D eigenvalue weighted by Gasteiger charge is 2.07. The van der Waals surface area contributed by atoms with Crippen LogP contribution in [0.2, 0.25) is 0 Å². The van der Waals surface area contributed by atoms with Gasteiger partial charge < -0.3 is 10.5 Å². The van der Waals surface area contributed by atoms with Gasteiger partial charge in [-0.05, 0) is 43.3 Å². The van der Waals surface area contributed by atoms with Crippen LogP contribution in [0.5, 0.6) is 5.75 Å². The summed E-state index contributed by atoms with van der Waals surface area (Å²) in [6.07, 6.45) is 0. The van der Waals surface area contributed by atoms with E-state index in [4.69, 9.17) is 10.5 Å². The van der Waals surface area contributed by atoms with Crippen molar-refractivity contribution in [1.82, 2.24) is 4.98 Å². The minimum absolute atomic E-state index is 0.453.